The van der Waals surface area contributed by atoms with E-state index in [-0.39, 0.29) is 0 Å². The van der Waals surface area contributed by atoms with E-state index in [0.717, 1.165) is 12.3 Å². The molecule has 0 aromatic heterocycles. The minimum Gasteiger partial charge on any atom is -0.0654 e. The SMILES string of the molecule is CCCC(C)Cc1[c]cc[c]c1. The fourth-order valence-electron chi connectivity index (χ4n) is 1.48. The summed E-state index contributed by atoms with van der Waals surface area (Å²) in [5, 5.41) is 0. The lowest BCUT2D eigenvalue weighted by Gasteiger charge is -2.08. The molecule has 0 aliphatic carbocycles. The average Bonchev–Trinajstić information content (AvgIpc) is 2.06. The molecule has 1 rings (SSSR count). The predicted octanol–water partition coefficient (Wildman–Crippen LogP) is 3.27. The highest BCUT2D eigenvalue weighted by atomic mass is 14.1. The van der Waals surface area contributed by atoms with Crippen molar-refractivity contribution in [2.45, 2.75) is 33.1 Å². The largest absolute Gasteiger partial charge is 0.0654 e. The zero-order valence-corrected chi connectivity index (χ0v) is 7.93. The van der Waals surface area contributed by atoms with Gasteiger partial charge in [0.25, 0.3) is 0 Å². The van der Waals surface area contributed by atoms with Crippen molar-refractivity contribution in [2.75, 3.05) is 0 Å². The molecule has 2 radical (unpaired) electrons. The lowest BCUT2D eigenvalue weighted by Crippen LogP contribution is -1.98. The molecule has 0 aliphatic heterocycles. The Morgan fingerprint density at radius 3 is 2.83 bits per heavy atom. The van der Waals surface area contributed by atoms with E-state index in [9.17, 15) is 0 Å². The molecule has 1 aromatic carbocycles. The summed E-state index contributed by atoms with van der Waals surface area (Å²) >= 11 is 0. The Labute approximate surface area is 75.6 Å². The molecule has 0 fully saturated rings. The van der Waals surface area contributed by atoms with Gasteiger partial charge in [0.15, 0.2) is 0 Å². The molecule has 0 heterocycles. The lowest BCUT2D eigenvalue weighted by molar-refractivity contribution is 0.522. The minimum absolute atomic E-state index is 0.780. The molecule has 0 bridgehead atoms. The van der Waals surface area contributed by atoms with Gasteiger partial charge in [0.2, 0.25) is 0 Å². The van der Waals surface area contributed by atoms with Gasteiger partial charge in [-0.2, -0.15) is 0 Å². The third kappa shape index (κ3) is 3.08. The summed E-state index contributed by atoms with van der Waals surface area (Å²) in [7, 11) is 0. The van der Waals surface area contributed by atoms with E-state index in [1.165, 1.54) is 18.4 Å². The van der Waals surface area contributed by atoms with Gasteiger partial charge < -0.3 is 0 Å². The van der Waals surface area contributed by atoms with Crippen molar-refractivity contribution < 1.29 is 0 Å². The van der Waals surface area contributed by atoms with E-state index >= 15 is 0 Å². The second-order valence-electron chi connectivity index (χ2n) is 3.41. The van der Waals surface area contributed by atoms with Gasteiger partial charge in [0.1, 0.15) is 0 Å². The predicted molar refractivity (Wildman–Crippen MR) is 51.9 cm³/mol. The Kier molecular flexibility index (Phi) is 3.86. The summed E-state index contributed by atoms with van der Waals surface area (Å²) < 4.78 is 0. The van der Waals surface area contributed by atoms with Crippen LogP contribution in [0.2, 0.25) is 0 Å². The molecule has 1 aromatic rings. The zero-order valence-electron chi connectivity index (χ0n) is 7.93. The third-order valence-corrected chi connectivity index (χ3v) is 2.06. The fraction of sp³-hybridized carbons (Fsp3) is 0.500. The van der Waals surface area contributed by atoms with E-state index in [2.05, 4.69) is 26.0 Å². The van der Waals surface area contributed by atoms with Crippen LogP contribution in [0.5, 0.6) is 0 Å². The molecule has 0 nitrogen and oxygen atoms in total. The van der Waals surface area contributed by atoms with Gasteiger partial charge in [-0.25, -0.2) is 0 Å². The monoisotopic (exact) mass is 160 g/mol. The maximum atomic E-state index is 3.23. The first kappa shape index (κ1) is 9.31. The van der Waals surface area contributed by atoms with Crippen molar-refractivity contribution in [3.8, 4) is 0 Å². The Morgan fingerprint density at radius 2 is 2.25 bits per heavy atom. The highest BCUT2D eigenvalue weighted by Gasteiger charge is 2.01. The van der Waals surface area contributed by atoms with E-state index < -0.39 is 0 Å². The number of benzene rings is 1. The van der Waals surface area contributed by atoms with Crippen LogP contribution in [-0.4, -0.2) is 0 Å². The standard InChI is InChI=1S/C12H16/c1-3-7-11(2)10-12-8-5-4-6-9-12/h4-5,9,11H,3,7,10H2,1-2H3. The summed E-state index contributed by atoms with van der Waals surface area (Å²) in [5.74, 6) is 0.780. The molecule has 1 atom stereocenters. The van der Waals surface area contributed by atoms with Gasteiger partial charge in [-0.15, -0.1) is 0 Å². The van der Waals surface area contributed by atoms with Crippen LogP contribution in [-0.2, 0) is 6.42 Å². The van der Waals surface area contributed by atoms with Crippen LogP contribution in [0.4, 0.5) is 0 Å². The van der Waals surface area contributed by atoms with Crippen molar-refractivity contribution >= 4 is 0 Å². The first-order valence-electron chi connectivity index (χ1n) is 4.69. The second-order valence-corrected chi connectivity index (χ2v) is 3.41. The van der Waals surface area contributed by atoms with Gasteiger partial charge in [-0.1, -0.05) is 44.9 Å². The number of rotatable bonds is 4. The Bertz CT molecular complexity index is 201. The first-order chi connectivity index (χ1) is 5.83. The molecule has 0 saturated carbocycles. The highest BCUT2D eigenvalue weighted by Crippen LogP contribution is 2.12. The number of hydrogen-bond acceptors (Lipinski definition) is 0. The van der Waals surface area contributed by atoms with E-state index in [4.69, 9.17) is 0 Å². The van der Waals surface area contributed by atoms with Crippen LogP contribution in [0.1, 0.15) is 32.3 Å². The van der Waals surface area contributed by atoms with Crippen LogP contribution in [0.3, 0.4) is 0 Å². The van der Waals surface area contributed by atoms with Crippen LogP contribution in [0.25, 0.3) is 0 Å². The molecule has 1 unspecified atom stereocenters. The van der Waals surface area contributed by atoms with E-state index in [1.807, 2.05) is 18.2 Å². The van der Waals surface area contributed by atoms with Crippen LogP contribution < -0.4 is 0 Å². The van der Waals surface area contributed by atoms with Crippen LogP contribution >= 0.6 is 0 Å². The smallest absolute Gasteiger partial charge is 0.0149 e. The molecule has 12 heavy (non-hydrogen) atoms. The zero-order chi connectivity index (χ0) is 8.81. The molecule has 64 valence electrons. The van der Waals surface area contributed by atoms with Gasteiger partial charge >= 0.3 is 0 Å². The Hall–Kier alpha value is -0.780. The maximum absolute atomic E-state index is 3.23. The van der Waals surface area contributed by atoms with Crippen molar-refractivity contribution in [2.24, 2.45) is 5.92 Å². The summed E-state index contributed by atoms with van der Waals surface area (Å²) in [6.07, 6.45) is 3.73. The van der Waals surface area contributed by atoms with Gasteiger partial charge in [-0.3, -0.25) is 0 Å². The molecule has 0 spiro atoms. The van der Waals surface area contributed by atoms with Gasteiger partial charge in [-0.05, 0) is 30.0 Å². The van der Waals surface area contributed by atoms with Gasteiger partial charge in [0, 0.05) is 0 Å². The summed E-state index contributed by atoms with van der Waals surface area (Å²) in [5.41, 5.74) is 1.29. The highest BCUT2D eigenvalue weighted by molar-refractivity contribution is 5.12. The molecule has 0 heteroatoms. The topological polar surface area (TPSA) is 0 Å². The second kappa shape index (κ2) is 4.97. The first-order valence-corrected chi connectivity index (χ1v) is 4.69. The lowest BCUT2D eigenvalue weighted by atomic mass is 9.97. The summed E-state index contributed by atoms with van der Waals surface area (Å²) in [6, 6.07) is 12.2. The van der Waals surface area contributed by atoms with Crippen LogP contribution in [0.15, 0.2) is 18.2 Å². The molecular weight excluding hydrogens is 144 g/mol. The maximum Gasteiger partial charge on any atom is -0.0149 e. The average molecular weight is 160 g/mol. The van der Waals surface area contributed by atoms with Gasteiger partial charge in [0.05, 0.1) is 0 Å². The summed E-state index contributed by atoms with van der Waals surface area (Å²) in [6.45, 7) is 4.53. The molecular formula is C12H16. The quantitative estimate of drug-likeness (QED) is 0.634. The van der Waals surface area contributed by atoms with Crippen molar-refractivity contribution in [3.63, 3.8) is 0 Å². The number of hydrogen-bond donors (Lipinski definition) is 0. The Morgan fingerprint density at radius 1 is 1.42 bits per heavy atom. The van der Waals surface area contributed by atoms with Crippen molar-refractivity contribution in [1.82, 2.24) is 0 Å². The van der Waals surface area contributed by atoms with Crippen molar-refractivity contribution in [3.05, 3.63) is 35.9 Å². The van der Waals surface area contributed by atoms with E-state index in [1.54, 1.807) is 0 Å². The third-order valence-electron chi connectivity index (χ3n) is 2.06. The molecule has 0 aliphatic rings. The van der Waals surface area contributed by atoms with E-state index in [0.29, 0.717) is 0 Å². The summed E-state index contributed by atoms with van der Waals surface area (Å²) in [4.78, 5) is 0. The normalized spacial score (nSPS) is 12.8. The molecule has 0 amide bonds. The molecule has 0 N–H and O–H groups in total. The van der Waals surface area contributed by atoms with Crippen molar-refractivity contribution in [1.29, 1.82) is 0 Å². The minimum atomic E-state index is 0.780. The molecule has 0 saturated heterocycles. The fourth-order valence-corrected chi connectivity index (χ4v) is 1.48. The van der Waals surface area contributed by atoms with Crippen LogP contribution in [0, 0.1) is 18.1 Å². The Balaban J connectivity index is 2.41.